The third kappa shape index (κ3) is 21.9. The maximum atomic E-state index is 13.3. The van der Waals surface area contributed by atoms with Crippen molar-refractivity contribution in [1.82, 2.24) is 31.9 Å². The first-order valence-corrected chi connectivity index (χ1v) is 17.8. The fourth-order valence-corrected chi connectivity index (χ4v) is 4.87. The molecule has 0 saturated carbocycles. The van der Waals surface area contributed by atoms with Crippen LogP contribution in [0, 0.1) is 5.92 Å². The number of carbonyl (C=O) groups excluding carboxylic acids is 6. The molecule has 0 heterocycles. The second-order valence-electron chi connectivity index (χ2n) is 13.1. The molecule has 318 valence electrons. The lowest BCUT2D eigenvalue weighted by Crippen LogP contribution is -2.58. The van der Waals surface area contributed by atoms with Crippen molar-refractivity contribution in [2.45, 2.75) is 108 Å². The molecule has 0 aromatic carbocycles. The maximum Gasteiger partial charge on any atom is 0.326 e. The molecule has 0 radical (unpaired) electrons. The summed E-state index contributed by atoms with van der Waals surface area (Å²) in [4.78, 5) is 116. The minimum atomic E-state index is -1.58. The number of aliphatic carboxylic acids is 3. The third-order valence-electron chi connectivity index (χ3n) is 7.75. The Balaban J connectivity index is 5.88. The first-order valence-electron chi connectivity index (χ1n) is 17.8. The molecule has 24 nitrogen and oxygen atoms in total. The van der Waals surface area contributed by atoms with E-state index in [9.17, 15) is 53.4 Å². The fourth-order valence-electron chi connectivity index (χ4n) is 4.87. The van der Waals surface area contributed by atoms with Crippen molar-refractivity contribution < 1.29 is 63.6 Å². The van der Waals surface area contributed by atoms with Gasteiger partial charge in [0, 0.05) is 13.0 Å². The zero-order valence-corrected chi connectivity index (χ0v) is 31.5. The summed E-state index contributed by atoms with van der Waals surface area (Å²) in [7, 11) is 0. The van der Waals surface area contributed by atoms with E-state index in [2.05, 4.69) is 36.9 Å². The summed E-state index contributed by atoms with van der Waals surface area (Å²) < 4.78 is 0. The number of rotatable bonds is 29. The standard InChI is InChI=1S/C32H57N11O13/c1-16(2)12-21(29(53)43-22(15-44)30(54)42-20(31(55)56)6-3-4-10-33)39-23(45)14-38-27(51)18(7-5-11-37-32(35)36)41-28(52)19(8-9-24(46)47)40-26(50)17(34)13-25(48)49/h16-22,44H,3-15,33-34H2,1-2H3,(H,38,51)(H,39,45)(H,40,50)(H,41,52)(H,42,54)(H,43,53)(H,46,47)(H,48,49)(H,55,56)(H4,35,36,37)/t17-,18-,19-,20-,21-,22-/m0/s1. The molecule has 0 aliphatic carbocycles. The van der Waals surface area contributed by atoms with Gasteiger partial charge in [0.1, 0.15) is 30.2 Å². The predicted molar refractivity (Wildman–Crippen MR) is 197 cm³/mol. The van der Waals surface area contributed by atoms with Crippen molar-refractivity contribution in [3.05, 3.63) is 0 Å². The van der Waals surface area contributed by atoms with E-state index in [1.807, 2.05) is 0 Å². The van der Waals surface area contributed by atoms with E-state index in [-0.39, 0.29) is 44.1 Å². The van der Waals surface area contributed by atoms with E-state index >= 15 is 0 Å². The zero-order valence-electron chi connectivity index (χ0n) is 31.5. The van der Waals surface area contributed by atoms with E-state index in [1.54, 1.807) is 13.8 Å². The van der Waals surface area contributed by atoms with E-state index < -0.39 is 122 Å². The van der Waals surface area contributed by atoms with Crippen LogP contribution in [0.5, 0.6) is 0 Å². The number of guanidine groups is 1. The number of hydrogen-bond donors (Lipinski definition) is 14. The molecule has 6 amide bonds. The molecule has 18 N–H and O–H groups in total. The van der Waals surface area contributed by atoms with Gasteiger partial charge in [-0.15, -0.1) is 0 Å². The van der Waals surface area contributed by atoms with Crippen LogP contribution in [0.4, 0.5) is 0 Å². The molecule has 0 aromatic rings. The van der Waals surface area contributed by atoms with Gasteiger partial charge in [-0.05, 0) is 57.4 Å². The van der Waals surface area contributed by atoms with Crippen molar-refractivity contribution in [3.63, 3.8) is 0 Å². The number of nitrogens with two attached hydrogens (primary N) is 4. The molecular formula is C32H57N11O13. The van der Waals surface area contributed by atoms with E-state index in [1.165, 1.54) is 0 Å². The van der Waals surface area contributed by atoms with Crippen LogP contribution in [0.1, 0.15) is 71.6 Å². The van der Waals surface area contributed by atoms with Gasteiger partial charge in [-0.2, -0.15) is 0 Å². The van der Waals surface area contributed by atoms with Crippen LogP contribution in [0.15, 0.2) is 4.99 Å². The Morgan fingerprint density at radius 1 is 0.643 bits per heavy atom. The van der Waals surface area contributed by atoms with Crippen LogP contribution in [0.2, 0.25) is 0 Å². The second kappa shape index (κ2) is 27.0. The molecule has 0 aliphatic rings. The molecule has 24 heteroatoms. The van der Waals surface area contributed by atoms with Crippen LogP contribution in [0.25, 0.3) is 0 Å². The number of hydrogen-bond acceptors (Lipinski definition) is 13. The molecule has 0 fully saturated rings. The summed E-state index contributed by atoms with van der Waals surface area (Å²) in [6.07, 6.45) is -0.914. The topological polar surface area (TPSA) is 423 Å². The largest absolute Gasteiger partial charge is 0.481 e. The van der Waals surface area contributed by atoms with Crippen LogP contribution < -0.4 is 54.8 Å². The van der Waals surface area contributed by atoms with Gasteiger partial charge in [-0.3, -0.25) is 43.3 Å². The highest BCUT2D eigenvalue weighted by molar-refractivity contribution is 5.96. The van der Waals surface area contributed by atoms with Crippen molar-refractivity contribution in [2.75, 3.05) is 26.2 Å². The molecule has 0 spiro atoms. The summed E-state index contributed by atoms with van der Waals surface area (Å²) in [5, 5.41) is 51.2. The van der Waals surface area contributed by atoms with Crippen molar-refractivity contribution in [3.8, 4) is 0 Å². The van der Waals surface area contributed by atoms with Gasteiger partial charge in [0.05, 0.1) is 25.6 Å². The molecule has 0 rings (SSSR count). The van der Waals surface area contributed by atoms with Gasteiger partial charge in [-0.1, -0.05) is 13.8 Å². The van der Waals surface area contributed by atoms with Gasteiger partial charge in [0.2, 0.25) is 35.4 Å². The minimum absolute atomic E-state index is 0.00971. The van der Waals surface area contributed by atoms with Gasteiger partial charge in [0.15, 0.2) is 5.96 Å². The molecule has 0 aliphatic heterocycles. The Morgan fingerprint density at radius 3 is 1.71 bits per heavy atom. The number of aliphatic hydroxyl groups excluding tert-OH is 1. The number of carbonyl (C=O) groups is 9. The van der Waals surface area contributed by atoms with Gasteiger partial charge in [0.25, 0.3) is 0 Å². The van der Waals surface area contributed by atoms with Crippen LogP contribution in [-0.2, 0) is 43.2 Å². The monoisotopic (exact) mass is 803 g/mol. The molecule has 0 saturated heterocycles. The summed E-state index contributed by atoms with van der Waals surface area (Å²) in [6, 6.07) is -8.75. The SMILES string of the molecule is CC(C)C[C@H](NC(=O)CNC(=O)[C@H](CCCN=C(N)N)NC(=O)[C@H](CCC(=O)O)NC(=O)[C@@H](N)CC(=O)O)C(=O)N[C@@H](CO)C(=O)N[C@@H](CCCCN)C(=O)O. The summed E-state index contributed by atoms with van der Waals surface area (Å²) in [5.41, 5.74) is 21.7. The van der Waals surface area contributed by atoms with Crippen LogP contribution in [-0.4, -0.2) is 142 Å². The Morgan fingerprint density at radius 2 is 1.18 bits per heavy atom. The first-order chi connectivity index (χ1) is 26.2. The Bertz CT molecular complexity index is 1390. The van der Waals surface area contributed by atoms with Gasteiger partial charge in [-0.25, -0.2) is 4.79 Å². The van der Waals surface area contributed by atoms with E-state index in [0.717, 1.165) is 0 Å². The second-order valence-corrected chi connectivity index (χ2v) is 13.1. The molecular weight excluding hydrogens is 746 g/mol. The number of carboxylic acid groups (broad SMARTS) is 3. The van der Waals surface area contributed by atoms with Crippen molar-refractivity contribution >= 4 is 59.3 Å². The molecule has 0 unspecified atom stereocenters. The number of unbranched alkanes of at least 4 members (excludes halogenated alkanes) is 1. The predicted octanol–water partition coefficient (Wildman–Crippen LogP) is -5.50. The minimum Gasteiger partial charge on any atom is -0.481 e. The van der Waals surface area contributed by atoms with E-state index in [0.29, 0.717) is 19.4 Å². The van der Waals surface area contributed by atoms with Gasteiger partial charge >= 0.3 is 17.9 Å². The van der Waals surface area contributed by atoms with E-state index in [4.69, 9.17) is 33.1 Å². The molecule has 0 aromatic heterocycles. The third-order valence-corrected chi connectivity index (χ3v) is 7.75. The zero-order chi connectivity index (χ0) is 43.0. The molecule has 56 heavy (non-hydrogen) atoms. The number of aliphatic hydroxyl groups is 1. The Hall–Kier alpha value is -5.62. The number of nitrogens with zero attached hydrogens (tertiary/aromatic N) is 1. The van der Waals surface area contributed by atoms with Crippen molar-refractivity contribution in [1.29, 1.82) is 0 Å². The highest BCUT2D eigenvalue weighted by Gasteiger charge is 2.31. The molecule has 0 bridgehead atoms. The lowest BCUT2D eigenvalue weighted by atomic mass is 10.0. The summed E-state index contributed by atoms with van der Waals surface area (Å²) >= 11 is 0. The lowest BCUT2D eigenvalue weighted by Gasteiger charge is -2.25. The maximum absolute atomic E-state index is 13.3. The highest BCUT2D eigenvalue weighted by Crippen LogP contribution is 2.08. The Labute approximate surface area is 322 Å². The summed E-state index contributed by atoms with van der Waals surface area (Å²) in [5.74, 6) is -10.3. The summed E-state index contributed by atoms with van der Waals surface area (Å²) in [6.45, 7) is 2.13. The normalized spacial score (nSPS) is 14.0. The number of aliphatic imine (C=N–C) groups is 1. The smallest absolute Gasteiger partial charge is 0.326 e. The first kappa shape index (κ1) is 50.4. The average molecular weight is 804 g/mol. The van der Waals surface area contributed by atoms with Gasteiger partial charge < -0.3 is 75.3 Å². The van der Waals surface area contributed by atoms with Crippen molar-refractivity contribution in [2.24, 2.45) is 33.8 Å². The molecule has 6 atom stereocenters. The lowest BCUT2D eigenvalue weighted by molar-refractivity contribution is -0.143. The fraction of sp³-hybridized carbons (Fsp3) is 0.688. The van der Waals surface area contributed by atoms with Crippen LogP contribution in [0.3, 0.4) is 0 Å². The highest BCUT2D eigenvalue weighted by atomic mass is 16.4. The quantitative estimate of drug-likeness (QED) is 0.0190. The average Bonchev–Trinajstić information content (AvgIpc) is 3.10. The number of carboxylic acids is 3. The van der Waals surface area contributed by atoms with Crippen LogP contribution >= 0.6 is 0 Å². The number of nitrogens with one attached hydrogen (secondary N) is 6. The Kier molecular flexibility index (Phi) is 24.3. The number of amides is 6.